The molecule has 6 nitrogen and oxygen atoms in total. The maximum atomic E-state index is 6.29. The number of hydrogen-bond donors (Lipinski definition) is 3. The summed E-state index contributed by atoms with van der Waals surface area (Å²) in [6, 6.07) is 13.5. The van der Waals surface area contributed by atoms with Crippen molar-refractivity contribution in [2.75, 3.05) is 7.05 Å². The topological polar surface area (TPSA) is 78.0 Å². The van der Waals surface area contributed by atoms with Crippen LogP contribution in [-0.2, 0) is 6.54 Å². The van der Waals surface area contributed by atoms with E-state index in [-0.39, 0.29) is 30.0 Å². The second kappa shape index (κ2) is 10.6. The molecule has 2 aromatic carbocycles. The fraction of sp³-hybridized carbons (Fsp3) is 0.211. The molecule has 9 heteroatoms. The standard InChI is InChI=1S/C19H20Cl2N6.HI/c1-12(16-7-6-15(20)9-17(16)21)26-19(22-2)23-10-13-4-3-5-14(8-13)18-24-11-25-27-18;/h3-9,11-12H,10H2,1-2H3,(H2,22,23,26)(H,24,25,27);1H. The van der Waals surface area contributed by atoms with Crippen molar-refractivity contribution in [3.05, 3.63) is 70.0 Å². The molecule has 0 fully saturated rings. The number of halogens is 3. The van der Waals surface area contributed by atoms with Crippen LogP contribution in [0.5, 0.6) is 0 Å². The monoisotopic (exact) mass is 530 g/mol. The molecule has 1 heterocycles. The Hall–Kier alpha value is -1.84. The van der Waals surface area contributed by atoms with Gasteiger partial charge in [-0.05, 0) is 36.2 Å². The number of aliphatic imine (C=N–C) groups is 1. The molecule has 1 atom stereocenters. The van der Waals surface area contributed by atoms with Crippen molar-refractivity contribution in [1.82, 2.24) is 25.8 Å². The molecule has 0 aliphatic rings. The molecule has 0 saturated heterocycles. The molecule has 1 aromatic heterocycles. The van der Waals surface area contributed by atoms with Gasteiger partial charge in [-0.3, -0.25) is 10.1 Å². The van der Waals surface area contributed by atoms with Gasteiger partial charge in [-0.25, -0.2) is 4.98 Å². The number of benzene rings is 2. The molecule has 0 bridgehead atoms. The van der Waals surface area contributed by atoms with Crippen molar-refractivity contribution in [2.45, 2.75) is 19.5 Å². The van der Waals surface area contributed by atoms with Gasteiger partial charge in [0.05, 0.1) is 6.04 Å². The van der Waals surface area contributed by atoms with E-state index >= 15 is 0 Å². The van der Waals surface area contributed by atoms with E-state index in [1.54, 1.807) is 13.1 Å². The van der Waals surface area contributed by atoms with Crippen LogP contribution >= 0.6 is 47.2 Å². The molecule has 0 amide bonds. The third-order valence-electron chi connectivity index (χ3n) is 4.08. The smallest absolute Gasteiger partial charge is 0.191 e. The first-order valence-corrected chi connectivity index (χ1v) is 9.19. The summed E-state index contributed by atoms with van der Waals surface area (Å²) in [5.74, 6) is 1.42. The second-order valence-electron chi connectivity index (χ2n) is 5.99. The van der Waals surface area contributed by atoms with Crippen molar-refractivity contribution in [3.8, 4) is 11.4 Å². The Morgan fingerprint density at radius 3 is 2.71 bits per heavy atom. The summed E-state index contributed by atoms with van der Waals surface area (Å²) in [5, 5.41) is 14.7. The van der Waals surface area contributed by atoms with Crippen LogP contribution in [0.4, 0.5) is 0 Å². The lowest BCUT2D eigenvalue weighted by Gasteiger charge is -2.19. The number of rotatable bonds is 5. The number of hydrogen-bond acceptors (Lipinski definition) is 3. The lowest BCUT2D eigenvalue weighted by Crippen LogP contribution is -2.38. The van der Waals surface area contributed by atoms with Crippen LogP contribution in [0, 0.1) is 0 Å². The van der Waals surface area contributed by atoms with E-state index in [9.17, 15) is 0 Å². The van der Waals surface area contributed by atoms with Gasteiger partial charge < -0.3 is 10.6 Å². The van der Waals surface area contributed by atoms with Crippen molar-refractivity contribution < 1.29 is 0 Å². The quantitative estimate of drug-likeness (QED) is 0.251. The first kappa shape index (κ1) is 22.4. The molecule has 0 saturated carbocycles. The van der Waals surface area contributed by atoms with E-state index in [1.165, 1.54) is 6.33 Å². The van der Waals surface area contributed by atoms with Crippen LogP contribution < -0.4 is 10.6 Å². The fourth-order valence-corrected chi connectivity index (χ4v) is 3.26. The van der Waals surface area contributed by atoms with Gasteiger partial charge in [0.25, 0.3) is 0 Å². The minimum Gasteiger partial charge on any atom is -0.352 e. The van der Waals surface area contributed by atoms with Crippen LogP contribution in [0.1, 0.15) is 24.1 Å². The Balaban J connectivity index is 0.00000280. The molecule has 0 radical (unpaired) electrons. The lowest BCUT2D eigenvalue weighted by molar-refractivity contribution is 0.685. The highest BCUT2D eigenvalue weighted by Gasteiger charge is 2.12. The fourth-order valence-electron chi connectivity index (χ4n) is 2.69. The van der Waals surface area contributed by atoms with Gasteiger partial charge in [-0.1, -0.05) is 47.5 Å². The Morgan fingerprint density at radius 2 is 2.04 bits per heavy atom. The highest BCUT2D eigenvalue weighted by Crippen LogP contribution is 2.26. The molecule has 3 N–H and O–H groups in total. The molecule has 0 aliphatic heterocycles. The van der Waals surface area contributed by atoms with E-state index in [0.717, 1.165) is 22.5 Å². The predicted octanol–water partition coefficient (Wildman–Crippen LogP) is 4.82. The molecule has 3 rings (SSSR count). The maximum absolute atomic E-state index is 6.29. The molecular weight excluding hydrogens is 510 g/mol. The van der Waals surface area contributed by atoms with Gasteiger partial charge in [0.1, 0.15) is 6.33 Å². The van der Waals surface area contributed by atoms with Gasteiger partial charge in [0, 0.05) is 29.2 Å². The zero-order chi connectivity index (χ0) is 19.2. The molecular formula is C19H21Cl2IN6. The largest absolute Gasteiger partial charge is 0.352 e. The third-order valence-corrected chi connectivity index (χ3v) is 4.64. The minimum atomic E-state index is -0.0264. The first-order valence-electron chi connectivity index (χ1n) is 8.43. The van der Waals surface area contributed by atoms with E-state index in [0.29, 0.717) is 22.5 Å². The maximum Gasteiger partial charge on any atom is 0.191 e. The third kappa shape index (κ3) is 5.83. The number of nitrogens with one attached hydrogen (secondary N) is 3. The lowest BCUT2D eigenvalue weighted by atomic mass is 10.1. The number of H-pyrrole nitrogens is 1. The highest BCUT2D eigenvalue weighted by atomic mass is 127. The van der Waals surface area contributed by atoms with E-state index in [1.807, 2.05) is 37.3 Å². The summed E-state index contributed by atoms with van der Waals surface area (Å²) in [4.78, 5) is 8.47. The van der Waals surface area contributed by atoms with Gasteiger partial charge in [0.15, 0.2) is 11.8 Å². The molecule has 28 heavy (non-hydrogen) atoms. The van der Waals surface area contributed by atoms with E-state index in [2.05, 4.69) is 36.9 Å². The van der Waals surface area contributed by atoms with Gasteiger partial charge >= 0.3 is 0 Å². The number of guanidine groups is 1. The molecule has 3 aromatic rings. The van der Waals surface area contributed by atoms with Crippen LogP contribution in [0.15, 0.2) is 53.8 Å². The van der Waals surface area contributed by atoms with Crippen LogP contribution in [0.3, 0.4) is 0 Å². The van der Waals surface area contributed by atoms with Crippen LogP contribution in [0.2, 0.25) is 10.0 Å². The number of nitrogens with zero attached hydrogens (tertiary/aromatic N) is 3. The summed E-state index contributed by atoms with van der Waals surface area (Å²) < 4.78 is 0. The van der Waals surface area contributed by atoms with E-state index in [4.69, 9.17) is 23.2 Å². The summed E-state index contributed by atoms with van der Waals surface area (Å²) in [6.07, 6.45) is 1.50. The van der Waals surface area contributed by atoms with Crippen LogP contribution in [-0.4, -0.2) is 28.2 Å². The average Bonchev–Trinajstić information content (AvgIpc) is 3.20. The van der Waals surface area contributed by atoms with Gasteiger partial charge in [0.2, 0.25) is 0 Å². The predicted molar refractivity (Wildman–Crippen MR) is 125 cm³/mol. The SMILES string of the molecule is CN=C(NCc1cccc(-c2ncn[nH]2)c1)NC(C)c1ccc(Cl)cc1Cl.I. The van der Waals surface area contributed by atoms with Crippen LogP contribution in [0.25, 0.3) is 11.4 Å². The zero-order valence-electron chi connectivity index (χ0n) is 15.4. The molecule has 1 unspecified atom stereocenters. The summed E-state index contributed by atoms with van der Waals surface area (Å²) in [5.41, 5.74) is 3.04. The molecule has 148 valence electrons. The average molecular weight is 531 g/mol. The Labute approximate surface area is 191 Å². The van der Waals surface area contributed by atoms with Crippen molar-refractivity contribution in [3.63, 3.8) is 0 Å². The Kier molecular flexibility index (Phi) is 8.53. The van der Waals surface area contributed by atoms with Gasteiger partial charge in [-0.15, -0.1) is 24.0 Å². The minimum absolute atomic E-state index is 0. The second-order valence-corrected chi connectivity index (χ2v) is 6.84. The molecule has 0 spiro atoms. The van der Waals surface area contributed by atoms with Crippen molar-refractivity contribution in [1.29, 1.82) is 0 Å². The van der Waals surface area contributed by atoms with Gasteiger partial charge in [-0.2, -0.15) is 5.10 Å². The normalized spacial score (nSPS) is 12.2. The summed E-state index contributed by atoms with van der Waals surface area (Å²) >= 11 is 12.3. The molecule has 0 aliphatic carbocycles. The first-order chi connectivity index (χ1) is 13.1. The number of aromatic amines is 1. The van der Waals surface area contributed by atoms with Crippen molar-refractivity contribution in [2.24, 2.45) is 4.99 Å². The highest BCUT2D eigenvalue weighted by molar-refractivity contribution is 14.0. The summed E-state index contributed by atoms with van der Waals surface area (Å²) in [6.45, 7) is 2.63. The van der Waals surface area contributed by atoms with E-state index < -0.39 is 0 Å². The van der Waals surface area contributed by atoms with Crippen molar-refractivity contribution >= 4 is 53.1 Å². The Morgan fingerprint density at radius 1 is 1.21 bits per heavy atom. The summed E-state index contributed by atoms with van der Waals surface area (Å²) in [7, 11) is 1.73. The zero-order valence-corrected chi connectivity index (χ0v) is 19.3. The number of aromatic nitrogens is 3. The Bertz CT molecular complexity index is 930.